The van der Waals surface area contributed by atoms with E-state index in [4.69, 9.17) is 0 Å². The Morgan fingerprint density at radius 2 is 1.11 bits per heavy atom. The van der Waals surface area contributed by atoms with Crippen LogP contribution in [0.5, 0.6) is 0 Å². The minimum atomic E-state index is -4.19. The topological polar surface area (TPSA) is 4.44 Å². The molecule has 1 nitrogen and oxygen atoms in total. The van der Waals surface area contributed by atoms with Crippen molar-refractivity contribution >= 4 is 10.2 Å². The van der Waals surface area contributed by atoms with Crippen molar-refractivity contribution in [3.05, 3.63) is 0 Å². The molecule has 0 bridgehead atoms. The van der Waals surface area contributed by atoms with E-state index in [1.54, 1.807) is 0 Å². The van der Waals surface area contributed by atoms with E-state index in [2.05, 4.69) is 21.1 Å². The summed E-state index contributed by atoms with van der Waals surface area (Å²) in [5.41, 5.74) is 0. The van der Waals surface area contributed by atoms with E-state index in [0.717, 1.165) is 0 Å². The molecule has 0 unspecified atom stereocenters. The van der Waals surface area contributed by atoms with Crippen LogP contribution in [0, 0.1) is 0 Å². The van der Waals surface area contributed by atoms with Gasteiger partial charge in [-0.2, -0.15) is 0 Å². The molecular weight excluding hydrogens is 147 g/mol. The molecule has 0 rings (SSSR count). The Balaban J connectivity index is 0. The molecule has 1 N–H and O–H groups in total. The molecule has 0 atom stereocenters. The zero-order valence-corrected chi connectivity index (χ0v) is 6.63. The second kappa shape index (κ2) is 4.81. The standard InChI is InChI=1S/C3H9N.CF3Si/c1-4(2)3;2-1(3,4)5/h1-3H3;/q;+3/p+1. The fourth-order valence-electron chi connectivity index (χ4n) is 0. The molecule has 0 saturated carbocycles. The Labute approximate surface area is 56.3 Å². The van der Waals surface area contributed by atoms with Crippen molar-refractivity contribution in [3.8, 4) is 0 Å². The van der Waals surface area contributed by atoms with Gasteiger partial charge in [0.2, 0.25) is 0 Å². The van der Waals surface area contributed by atoms with Gasteiger partial charge in [-0.15, -0.1) is 0 Å². The third-order valence-corrected chi connectivity index (χ3v) is 0. The van der Waals surface area contributed by atoms with Crippen LogP contribution in [-0.4, -0.2) is 37.2 Å². The number of alkyl halides is 3. The molecule has 0 amide bonds. The van der Waals surface area contributed by atoms with Crippen LogP contribution in [-0.2, 0) is 0 Å². The number of hydrogen-bond acceptors (Lipinski definition) is 0. The third-order valence-electron chi connectivity index (χ3n) is 0. The summed E-state index contributed by atoms with van der Waals surface area (Å²) in [6.45, 7) is 0. The van der Waals surface area contributed by atoms with E-state index in [9.17, 15) is 13.2 Å². The van der Waals surface area contributed by atoms with E-state index in [1.807, 2.05) is 0 Å². The number of hydrogen-bond donors (Lipinski definition) is 1. The zero-order valence-electron chi connectivity index (χ0n) is 5.63. The Hall–Kier alpha value is -0.0331. The molecule has 0 saturated heterocycles. The van der Waals surface area contributed by atoms with E-state index in [0.29, 0.717) is 0 Å². The number of rotatable bonds is 0. The molecule has 0 fully saturated rings. The van der Waals surface area contributed by atoms with Gasteiger partial charge < -0.3 is 4.90 Å². The molecule has 0 aromatic heterocycles. The van der Waals surface area contributed by atoms with Gasteiger partial charge in [0.1, 0.15) is 0 Å². The summed E-state index contributed by atoms with van der Waals surface area (Å²) in [5.74, 6) is -4.19. The van der Waals surface area contributed by atoms with Gasteiger partial charge in [0.15, 0.2) is 0 Å². The number of nitrogens with one attached hydrogen (secondary N) is 1. The maximum absolute atomic E-state index is 10.3. The summed E-state index contributed by atoms with van der Waals surface area (Å²) < 4.78 is 30.8. The first-order valence-electron chi connectivity index (χ1n) is 2.32. The summed E-state index contributed by atoms with van der Waals surface area (Å²) in [5, 5.41) is 0. The monoisotopic (exact) mass is 157 g/mol. The van der Waals surface area contributed by atoms with Gasteiger partial charge in [0.05, 0.1) is 21.1 Å². The molecule has 5 heteroatoms. The molecule has 0 radical (unpaired) electrons. The Bertz CT molecular complexity index is 52.6. The Kier molecular flexibility index (Phi) is 6.27. The molecule has 0 aromatic rings. The molecular formula is C4H10F3NSi+4. The second-order valence-corrected chi connectivity index (χ2v) is 2.56. The van der Waals surface area contributed by atoms with Crippen LogP contribution in [0.25, 0.3) is 0 Å². The molecule has 0 aliphatic carbocycles. The van der Waals surface area contributed by atoms with Crippen LogP contribution in [0.1, 0.15) is 0 Å². The van der Waals surface area contributed by atoms with Crippen LogP contribution < -0.4 is 4.90 Å². The molecule has 0 aliphatic heterocycles. The van der Waals surface area contributed by atoms with Gasteiger partial charge in [-0.3, -0.25) is 0 Å². The first-order chi connectivity index (χ1) is 3.73. The predicted molar refractivity (Wildman–Crippen MR) is 30.5 cm³/mol. The summed E-state index contributed by atoms with van der Waals surface area (Å²) in [7, 11) is 7.67. The Morgan fingerprint density at radius 3 is 1.11 bits per heavy atom. The Morgan fingerprint density at radius 1 is 1.11 bits per heavy atom. The van der Waals surface area contributed by atoms with Gasteiger partial charge in [-0.1, -0.05) is 0 Å². The van der Waals surface area contributed by atoms with Crippen molar-refractivity contribution in [3.63, 3.8) is 0 Å². The number of quaternary nitrogens is 1. The fraction of sp³-hybridized carbons (Fsp3) is 1.00. The van der Waals surface area contributed by atoms with Gasteiger partial charge in [-0.05, 0) is 0 Å². The van der Waals surface area contributed by atoms with Gasteiger partial charge in [0, 0.05) is 0 Å². The quantitative estimate of drug-likeness (QED) is 0.449. The number of halogens is 3. The van der Waals surface area contributed by atoms with Gasteiger partial charge in [-0.25, -0.2) is 0 Å². The van der Waals surface area contributed by atoms with E-state index in [1.165, 1.54) is 15.1 Å². The predicted octanol–water partition coefficient (Wildman–Crippen LogP) is -0.565. The summed E-state index contributed by atoms with van der Waals surface area (Å²) >= 11 is 0. The summed E-state index contributed by atoms with van der Waals surface area (Å²) in [6, 6.07) is 0. The van der Waals surface area contributed by atoms with Crippen LogP contribution >= 0.6 is 0 Å². The first-order valence-corrected chi connectivity index (χ1v) is 2.82. The van der Waals surface area contributed by atoms with E-state index >= 15 is 0 Å². The molecule has 9 heavy (non-hydrogen) atoms. The fourth-order valence-corrected chi connectivity index (χ4v) is 0. The van der Waals surface area contributed by atoms with Crippen molar-refractivity contribution in [2.24, 2.45) is 0 Å². The van der Waals surface area contributed by atoms with Crippen LogP contribution in [0.2, 0.25) is 0 Å². The molecule has 0 aromatic carbocycles. The average Bonchev–Trinajstić information content (AvgIpc) is 1.19. The van der Waals surface area contributed by atoms with Crippen molar-refractivity contribution in [1.82, 2.24) is 0 Å². The molecule has 52 valence electrons. The van der Waals surface area contributed by atoms with Crippen LogP contribution in [0.4, 0.5) is 13.2 Å². The second-order valence-electron chi connectivity index (χ2n) is 2.00. The normalized spacial score (nSPS) is 10.8. The van der Waals surface area contributed by atoms with Crippen molar-refractivity contribution in [1.29, 1.82) is 0 Å². The third kappa shape index (κ3) is 259000. The van der Waals surface area contributed by atoms with Crippen LogP contribution in [0.3, 0.4) is 0 Å². The van der Waals surface area contributed by atoms with E-state index in [-0.39, 0.29) is 0 Å². The SMILES string of the molecule is C[NH+](C)C.FC(F)(F)[Si+3]. The van der Waals surface area contributed by atoms with Crippen LogP contribution in [0.15, 0.2) is 0 Å². The first kappa shape index (κ1) is 11.7. The summed E-state index contributed by atoms with van der Waals surface area (Å²) in [6.07, 6.45) is 0. The van der Waals surface area contributed by atoms with Gasteiger partial charge in [0.25, 0.3) is 0 Å². The molecule has 0 heterocycles. The van der Waals surface area contributed by atoms with Crippen molar-refractivity contribution in [2.75, 3.05) is 21.1 Å². The zero-order chi connectivity index (χ0) is 8.08. The molecule has 0 aliphatic rings. The van der Waals surface area contributed by atoms with E-state index < -0.39 is 5.80 Å². The van der Waals surface area contributed by atoms with Crippen molar-refractivity contribution < 1.29 is 18.1 Å². The van der Waals surface area contributed by atoms with Crippen molar-refractivity contribution in [2.45, 2.75) is 5.80 Å². The maximum atomic E-state index is 10.3. The molecule has 0 spiro atoms. The van der Waals surface area contributed by atoms with Gasteiger partial charge >= 0.3 is 29.2 Å². The average molecular weight is 157 g/mol. The minimum absolute atomic E-state index is 1.42. The summed E-state index contributed by atoms with van der Waals surface area (Å²) in [4.78, 5) is 1.42.